The van der Waals surface area contributed by atoms with E-state index in [-0.39, 0.29) is 0 Å². The Labute approximate surface area is 176 Å². The lowest BCUT2D eigenvalue weighted by molar-refractivity contribution is 0.0849. The molecule has 0 amide bonds. The van der Waals surface area contributed by atoms with Gasteiger partial charge in [-0.3, -0.25) is 4.99 Å². The molecule has 0 aliphatic carbocycles. The maximum absolute atomic E-state index is 5.71. The Bertz CT molecular complexity index is 1020. The highest BCUT2D eigenvalue weighted by Gasteiger charge is 2.35. The van der Waals surface area contributed by atoms with Crippen LogP contribution < -0.4 is 9.80 Å². The number of pyridine rings is 1. The van der Waals surface area contributed by atoms with Crippen LogP contribution in [0.3, 0.4) is 0 Å². The van der Waals surface area contributed by atoms with Crippen molar-refractivity contribution >= 4 is 28.4 Å². The molecular formula is C22H28N6O2. The van der Waals surface area contributed by atoms with Crippen LogP contribution in [-0.2, 0) is 15.9 Å². The van der Waals surface area contributed by atoms with Crippen molar-refractivity contribution in [1.29, 1.82) is 0 Å². The SMILES string of the molecule is C[C@@H]1COCCN1c1nc2c(cnn2C2=NCC=C2)c2c1CCN2C1CCOCC1. The van der Waals surface area contributed by atoms with Gasteiger partial charge < -0.3 is 19.3 Å². The highest BCUT2D eigenvalue weighted by atomic mass is 16.5. The third-order valence-electron chi connectivity index (χ3n) is 6.77. The molecule has 0 saturated carbocycles. The number of nitrogens with zero attached hydrogens (tertiary/aromatic N) is 6. The van der Waals surface area contributed by atoms with Gasteiger partial charge in [-0.05, 0) is 32.3 Å². The number of allylic oxidation sites excluding steroid dienone is 1. The first-order chi connectivity index (χ1) is 14.8. The second-order valence-corrected chi connectivity index (χ2v) is 8.56. The van der Waals surface area contributed by atoms with Gasteiger partial charge in [0.15, 0.2) is 11.5 Å². The number of rotatable bonds is 2. The maximum Gasteiger partial charge on any atom is 0.169 e. The van der Waals surface area contributed by atoms with E-state index >= 15 is 0 Å². The molecule has 6 heterocycles. The van der Waals surface area contributed by atoms with Crippen LogP contribution in [0.15, 0.2) is 23.3 Å². The molecule has 4 aliphatic heterocycles. The molecule has 2 fully saturated rings. The lowest BCUT2D eigenvalue weighted by Crippen LogP contribution is -2.44. The summed E-state index contributed by atoms with van der Waals surface area (Å²) in [6, 6.07) is 0.831. The van der Waals surface area contributed by atoms with E-state index in [9.17, 15) is 0 Å². The predicted octanol–water partition coefficient (Wildman–Crippen LogP) is 2.01. The number of ether oxygens (including phenoxy) is 2. The van der Waals surface area contributed by atoms with Gasteiger partial charge in [0.25, 0.3) is 0 Å². The van der Waals surface area contributed by atoms with Crippen LogP contribution in [0.1, 0.15) is 25.3 Å². The van der Waals surface area contributed by atoms with Crippen molar-refractivity contribution in [2.45, 2.75) is 38.3 Å². The number of anilines is 2. The molecule has 2 saturated heterocycles. The monoisotopic (exact) mass is 408 g/mol. The summed E-state index contributed by atoms with van der Waals surface area (Å²) in [5, 5.41) is 5.86. The molecule has 0 unspecified atom stereocenters. The van der Waals surface area contributed by atoms with Crippen molar-refractivity contribution in [3.05, 3.63) is 23.9 Å². The van der Waals surface area contributed by atoms with Gasteiger partial charge in [0, 0.05) is 37.9 Å². The van der Waals surface area contributed by atoms with E-state index in [0.29, 0.717) is 18.6 Å². The molecule has 6 rings (SSSR count). The molecule has 4 aliphatic rings. The first-order valence-electron chi connectivity index (χ1n) is 11.1. The van der Waals surface area contributed by atoms with E-state index in [2.05, 4.69) is 27.8 Å². The Morgan fingerprint density at radius 1 is 1.07 bits per heavy atom. The smallest absolute Gasteiger partial charge is 0.169 e. The molecule has 2 aromatic rings. The first-order valence-corrected chi connectivity index (χ1v) is 11.1. The Balaban J connectivity index is 1.53. The van der Waals surface area contributed by atoms with Crippen molar-refractivity contribution < 1.29 is 9.47 Å². The minimum atomic E-state index is 0.310. The largest absolute Gasteiger partial charge is 0.381 e. The minimum Gasteiger partial charge on any atom is -0.381 e. The Morgan fingerprint density at radius 2 is 1.97 bits per heavy atom. The quantitative estimate of drug-likeness (QED) is 0.757. The topological polar surface area (TPSA) is 68.0 Å². The van der Waals surface area contributed by atoms with Gasteiger partial charge in [0.05, 0.1) is 43.1 Å². The van der Waals surface area contributed by atoms with E-state index in [4.69, 9.17) is 19.6 Å². The van der Waals surface area contributed by atoms with Crippen LogP contribution in [0, 0.1) is 0 Å². The fourth-order valence-electron chi connectivity index (χ4n) is 5.26. The standard InChI is InChI=1S/C22H28N6O2/c1-15-14-30-12-9-26(15)21-17-4-8-27(16-5-10-29-11-6-16)20(17)18-13-24-28(22(18)25-21)19-3-2-7-23-19/h2-3,13,15-16H,4-12,14H2,1H3/t15-/m1/s1. The molecule has 2 aromatic heterocycles. The summed E-state index contributed by atoms with van der Waals surface area (Å²) >= 11 is 0. The molecule has 8 heteroatoms. The summed E-state index contributed by atoms with van der Waals surface area (Å²) in [5.41, 5.74) is 3.60. The highest BCUT2D eigenvalue weighted by molar-refractivity contribution is 6.04. The summed E-state index contributed by atoms with van der Waals surface area (Å²) in [5.74, 6) is 1.97. The normalized spacial score (nSPS) is 24.7. The number of hydrogen-bond acceptors (Lipinski definition) is 7. The molecule has 0 radical (unpaired) electrons. The minimum absolute atomic E-state index is 0.310. The Morgan fingerprint density at radius 3 is 2.77 bits per heavy atom. The van der Waals surface area contributed by atoms with Crippen LogP contribution in [0.2, 0.25) is 0 Å². The lowest BCUT2D eigenvalue weighted by atomic mass is 10.1. The second-order valence-electron chi connectivity index (χ2n) is 8.56. The number of aliphatic imine (C=N–C) groups is 1. The third kappa shape index (κ3) is 2.85. The Kier molecular flexibility index (Phi) is 4.49. The van der Waals surface area contributed by atoms with Gasteiger partial charge in [-0.25, -0.2) is 4.98 Å². The summed E-state index contributed by atoms with van der Waals surface area (Å²) in [4.78, 5) is 14.8. The van der Waals surface area contributed by atoms with Gasteiger partial charge in [0.2, 0.25) is 0 Å². The zero-order valence-corrected chi connectivity index (χ0v) is 17.5. The molecule has 8 nitrogen and oxygen atoms in total. The van der Waals surface area contributed by atoms with Crippen LogP contribution in [0.5, 0.6) is 0 Å². The van der Waals surface area contributed by atoms with Crippen molar-refractivity contribution in [2.24, 2.45) is 4.99 Å². The van der Waals surface area contributed by atoms with E-state index < -0.39 is 0 Å². The number of aromatic nitrogens is 3. The van der Waals surface area contributed by atoms with Gasteiger partial charge in [-0.2, -0.15) is 9.78 Å². The van der Waals surface area contributed by atoms with Crippen molar-refractivity contribution in [2.75, 3.05) is 55.9 Å². The summed E-state index contributed by atoms with van der Waals surface area (Å²) < 4.78 is 13.3. The molecule has 1 atom stereocenters. The number of morpholine rings is 1. The van der Waals surface area contributed by atoms with Gasteiger partial charge in [0.1, 0.15) is 5.82 Å². The second kappa shape index (κ2) is 7.35. The van der Waals surface area contributed by atoms with Crippen molar-refractivity contribution in [3.63, 3.8) is 0 Å². The molecule has 0 N–H and O–H groups in total. The Hall–Kier alpha value is -2.45. The van der Waals surface area contributed by atoms with Gasteiger partial charge in [-0.15, -0.1) is 0 Å². The fourth-order valence-corrected chi connectivity index (χ4v) is 5.26. The molecule has 0 aromatic carbocycles. The molecule has 0 spiro atoms. The van der Waals surface area contributed by atoms with Crippen LogP contribution in [0.25, 0.3) is 11.0 Å². The van der Waals surface area contributed by atoms with Crippen molar-refractivity contribution in [1.82, 2.24) is 14.8 Å². The van der Waals surface area contributed by atoms with E-state index in [1.165, 1.54) is 11.3 Å². The van der Waals surface area contributed by atoms with E-state index in [1.807, 2.05) is 17.0 Å². The first kappa shape index (κ1) is 18.3. The fraction of sp³-hybridized carbons (Fsp3) is 0.591. The number of hydrogen-bond donors (Lipinski definition) is 0. The maximum atomic E-state index is 5.71. The van der Waals surface area contributed by atoms with Crippen LogP contribution >= 0.6 is 0 Å². The van der Waals surface area contributed by atoms with Crippen LogP contribution in [0.4, 0.5) is 11.5 Å². The zero-order valence-electron chi connectivity index (χ0n) is 17.5. The zero-order chi connectivity index (χ0) is 20.1. The van der Waals surface area contributed by atoms with E-state index in [0.717, 1.165) is 81.5 Å². The molecule has 0 bridgehead atoms. The average molecular weight is 409 g/mol. The van der Waals surface area contributed by atoms with Gasteiger partial charge in [-0.1, -0.05) is 6.08 Å². The number of fused-ring (bicyclic) bond motifs is 3. The van der Waals surface area contributed by atoms with Gasteiger partial charge >= 0.3 is 0 Å². The summed E-state index contributed by atoms with van der Waals surface area (Å²) in [6.45, 7) is 8.03. The lowest BCUT2D eigenvalue weighted by Gasteiger charge is -2.36. The molecule has 30 heavy (non-hydrogen) atoms. The summed E-state index contributed by atoms with van der Waals surface area (Å²) in [6.07, 6.45) is 9.28. The molecule has 158 valence electrons. The average Bonchev–Trinajstić information content (AvgIpc) is 3.52. The highest BCUT2D eigenvalue weighted by Crippen LogP contribution is 2.43. The van der Waals surface area contributed by atoms with E-state index in [1.54, 1.807) is 0 Å². The summed E-state index contributed by atoms with van der Waals surface area (Å²) in [7, 11) is 0. The predicted molar refractivity (Wildman–Crippen MR) is 117 cm³/mol. The van der Waals surface area contributed by atoms with Crippen molar-refractivity contribution in [3.8, 4) is 0 Å². The molecular weight excluding hydrogens is 380 g/mol. The third-order valence-corrected chi connectivity index (χ3v) is 6.77. The van der Waals surface area contributed by atoms with Crippen LogP contribution in [-0.4, -0.2) is 78.7 Å².